The number of fused-ring (bicyclic) bond motifs is 1. The van der Waals surface area contributed by atoms with Crippen molar-refractivity contribution >= 4 is 28.8 Å². The minimum Gasteiger partial charge on any atom is -0.372 e. The average Bonchev–Trinajstić information content (AvgIpc) is 2.75. The summed E-state index contributed by atoms with van der Waals surface area (Å²) in [4.78, 5) is 13.9. The van der Waals surface area contributed by atoms with E-state index in [0.29, 0.717) is 0 Å². The summed E-state index contributed by atoms with van der Waals surface area (Å²) in [6, 6.07) is 19.0. The maximum Gasteiger partial charge on any atom is 0.231 e. The van der Waals surface area contributed by atoms with Crippen LogP contribution in [-0.2, 0) is 6.42 Å². The first-order valence-electron chi connectivity index (χ1n) is 10.1. The lowest BCUT2D eigenvalue weighted by atomic mass is 10.0. The van der Waals surface area contributed by atoms with Gasteiger partial charge in [-0.3, -0.25) is 0 Å². The number of rotatable bonds is 6. The Balaban J connectivity index is 1.54. The summed E-state index contributed by atoms with van der Waals surface area (Å²) in [5.74, 6) is 1.56. The lowest BCUT2D eigenvalue weighted by molar-refractivity contribution is 0.751. The molecule has 4 rings (SSSR count). The van der Waals surface area contributed by atoms with Gasteiger partial charge in [0.2, 0.25) is 5.95 Å². The van der Waals surface area contributed by atoms with Gasteiger partial charge in [0.25, 0.3) is 0 Å². The fourth-order valence-corrected chi connectivity index (χ4v) is 3.78. The van der Waals surface area contributed by atoms with Crippen LogP contribution in [-0.4, -0.2) is 29.6 Å². The van der Waals surface area contributed by atoms with E-state index < -0.39 is 0 Å². The molecule has 0 aliphatic carbocycles. The van der Waals surface area contributed by atoms with Crippen LogP contribution in [0.15, 0.2) is 60.8 Å². The highest BCUT2D eigenvalue weighted by atomic mass is 15.3. The topological polar surface area (TPSA) is 44.3 Å². The predicted octanol–water partition coefficient (Wildman–Crippen LogP) is 5.15. The standard InChI is InChI=1S/C23H27N5/c1-3-27(4-2)20-13-11-19(12-14-20)25-22-15-16-24-23(26-22)28-17-7-9-18-8-5-6-10-21(18)28/h5-6,8,10-16H,3-4,7,9,17H2,1-2H3,(H,24,25,26). The summed E-state index contributed by atoms with van der Waals surface area (Å²) >= 11 is 0. The van der Waals surface area contributed by atoms with Crippen LogP contribution < -0.4 is 15.1 Å². The average molecular weight is 374 g/mol. The van der Waals surface area contributed by atoms with E-state index >= 15 is 0 Å². The Morgan fingerprint density at radius 2 is 1.79 bits per heavy atom. The van der Waals surface area contributed by atoms with E-state index in [9.17, 15) is 0 Å². The zero-order valence-electron chi connectivity index (χ0n) is 16.6. The molecule has 0 amide bonds. The Morgan fingerprint density at radius 1 is 1.00 bits per heavy atom. The van der Waals surface area contributed by atoms with Crippen molar-refractivity contribution in [2.45, 2.75) is 26.7 Å². The third-order valence-corrected chi connectivity index (χ3v) is 5.26. The highest BCUT2D eigenvalue weighted by molar-refractivity contribution is 5.66. The molecule has 28 heavy (non-hydrogen) atoms. The Kier molecular flexibility index (Phi) is 5.42. The van der Waals surface area contributed by atoms with Crippen LogP contribution in [0.5, 0.6) is 0 Å². The normalized spacial score (nSPS) is 13.1. The van der Waals surface area contributed by atoms with E-state index in [1.807, 2.05) is 12.3 Å². The molecular formula is C23H27N5. The Hall–Kier alpha value is -3.08. The van der Waals surface area contributed by atoms with E-state index in [0.717, 1.165) is 49.9 Å². The molecule has 3 aromatic rings. The first kappa shape index (κ1) is 18.3. The second-order valence-electron chi connectivity index (χ2n) is 6.97. The van der Waals surface area contributed by atoms with Gasteiger partial charge in [-0.05, 0) is 68.7 Å². The molecule has 2 heterocycles. The van der Waals surface area contributed by atoms with Gasteiger partial charge in [0.15, 0.2) is 0 Å². The van der Waals surface area contributed by atoms with Gasteiger partial charge in [-0.25, -0.2) is 4.98 Å². The number of anilines is 5. The SMILES string of the molecule is CCN(CC)c1ccc(Nc2ccnc(N3CCCc4ccccc43)n2)cc1. The minimum absolute atomic E-state index is 0.747. The van der Waals surface area contributed by atoms with Gasteiger partial charge in [-0.1, -0.05) is 18.2 Å². The fourth-order valence-electron chi connectivity index (χ4n) is 3.78. The molecule has 0 radical (unpaired) electrons. The van der Waals surface area contributed by atoms with Gasteiger partial charge in [-0.15, -0.1) is 0 Å². The van der Waals surface area contributed by atoms with E-state index in [1.54, 1.807) is 0 Å². The summed E-state index contributed by atoms with van der Waals surface area (Å²) in [6.45, 7) is 7.32. The van der Waals surface area contributed by atoms with Crippen molar-refractivity contribution in [1.29, 1.82) is 0 Å². The molecule has 1 N–H and O–H groups in total. The molecule has 0 saturated carbocycles. The molecule has 2 aromatic carbocycles. The predicted molar refractivity (Wildman–Crippen MR) is 117 cm³/mol. The molecule has 144 valence electrons. The molecule has 0 fully saturated rings. The van der Waals surface area contributed by atoms with Crippen molar-refractivity contribution in [3.8, 4) is 0 Å². The summed E-state index contributed by atoms with van der Waals surface area (Å²) in [6.07, 6.45) is 4.06. The van der Waals surface area contributed by atoms with Crippen molar-refractivity contribution < 1.29 is 0 Å². The lowest BCUT2D eigenvalue weighted by Gasteiger charge is -2.29. The van der Waals surface area contributed by atoms with Gasteiger partial charge in [0, 0.05) is 42.9 Å². The van der Waals surface area contributed by atoms with E-state index in [-0.39, 0.29) is 0 Å². The summed E-state index contributed by atoms with van der Waals surface area (Å²) in [5.41, 5.74) is 4.85. The third kappa shape index (κ3) is 3.79. The molecule has 0 bridgehead atoms. The fraction of sp³-hybridized carbons (Fsp3) is 0.304. The zero-order valence-corrected chi connectivity index (χ0v) is 16.6. The Labute approximate surface area is 167 Å². The second kappa shape index (κ2) is 8.30. The number of nitrogens with one attached hydrogen (secondary N) is 1. The van der Waals surface area contributed by atoms with Crippen LogP contribution in [0.2, 0.25) is 0 Å². The molecule has 1 aromatic heterocycles. The van der Waals surface area contributed by atoms with Crippen LogP contribution in [0.3, 0.4) is 0 Å². The molecule has 1 aliphatic rings. The van der Waals surface area contributed by atoms with Crippen molar-refractivity contribution in [2.75, 3.05) is 34.8 Å². The first-order valence-corrected chi connectivity index (χ1v) is 10.1. The van der Waals surface area contributed by atoms with Crippen LogP contribution >= 0.6 is 0 Å². The van der Waals surface area contributed by atoms with Crippen molar-refractivity contribution in [1.82, 2.24) is 9.97 Å². The monoisotopic (exact) mass is 373 g/mol. The molecule has 0 spiro atoms. The maximum atomic E-state index is 4.77. The van der Waals surface area contributed by atoms with E-state index in [1.165, 1.54) is 16.9 Å². The number of para-hydroxylation sites is 1. The number of aromatic nitrogens is 2. The zero-order chi connectivity index (χ0) is 19.3. The highest BCUT2D eigenvalue weighted by Gasteiger charge is 2.19. The maximum absolute atomic E-state index is 4.77. The first-order chi connectivity index (χ1) is 13.8. The molecule has 5 heteroatoms. The van der Waals surface area contributed by atoms with Gasteiger partial charge in [0.1, 0.15) is 5.82 Å². The number of nitrogens with zero attached hydrogens (tertiary/aromatic N) is 4. The van der Waals surface area contributed by atoms with Crippen LogP contribution in [0.4, 0.5) is 28.8 Å². The molecule has 0 unspecified atom stereocenters. The van der Waals surface area contributed by atoms with Crippen molar-refractivity contribution in [3.63, 3.8) is 0 Å². The number of hydrogen-bond acceptors (Lipinski definition) is 5. The quantitative estimate of drug-likeness (QED) is 0.647. The largest absolute Gasteiger partial charge is 0.372 e. The third-order valence-electron chi connectivity index (χ3n) is 5.26. The second-order valence-corrected chi connectivity index (χ2v) is 6.97. The van der Waals surface area contributed by atoms with Crippen molar-refractivity contribution in [2.24, 2.45) is 0 Å². The molecule has 1 aliphatic heterocycles. The Bertz CT molecular complexity index is 918. The van der Waals surface area contributed by atoms with Crippen LogP contribution in [0.1, 0.15) is 25.8 Å². The van der Waals surface area contributed by atoms with Gasteiger partial charge in [-0.2, -0.15) is 4.98 Å². The summed E-state index contributed by atoms with van der Waals surface area (Å²) < 4.78 is 0. The Morgan fingerprint density at radius 3 is 2.57 bits per heavy atom. The molecule has 0 saturated heterocycles. The lowest BCUT2D eigenvalue weighted by Crippen LogP contribution is -2.26. The van der Waals surface area contributed by atoms with Gasteiger partial charge < -0.3 is 15.1 Å². The number of benzene rings is 2. The van der Waals surface area contributed by atoms with Gasteiger partial charge >= 0.3 is 0 Å². The van der Waals surface area contributed by atoms with Crippen LogP contribution in [0.25, 0.3) is 0 Å². The summed E-state index contributed by atoms with van der Waals surface area (Å²) in [7, 11) is 0. The van der Waals surface area contributed by atoms with E-state index in [4.69, 9.17) is 4.98 Å². The molecule has 0 atom stereocenters. The van der Waals surface area contributed by atoms with Crippen LogP contribution in [0, 0.1) is 0 Å². The smallest absolute Gasteiger partial charge is 0.231 e. The summed E-state index contributed by atoms with van der Waals surface area (Å²) in [5, 5.41) is 3.41. The number of aryl methyl sites for hydroxylation is 1. The highest BCUT2D eigenvalue weighted by Crippen LogP contribution is 2.31. The molecular weight excluding hydrogens is 346 g/mol. The van der Waals surface area contributed by atoms with Gasteiger partial charge in [0.05, 0.1) is 0 Å². The minimum atomic E-state index is 0.747. The molecule has 5 nitrogen and oxygen atoms in total. The van der Waals surface area contributed by atoms with E-state index in [2.05, 4.69) is 82.5 Å². The number of hydrogen-bond donors (Lipinski definition) is 1. The van der Waals surface area contributed by atoms with Crippen molar-refractivity contribution in [3.05, 3.63) is 66.4 Å².